The predicted octanol–water partition coefficient (Wildman–Crippen LogP) is 4.12. The SMILES string of the molecule is CC(C)NC[C@@H](C(=O)N1CCN(c2ncnc3c2C(C)C[C@H]3O)CC1)c1ccc(Cl)c(C(F)(F)F)c1. The Labute approximate surface area is 213 Å². The molecule has 2 heterocycles. The first kappa shape index (κ1) is 26.6. The van der Waals surface area contributed by atoms with Crippen molar-refractivity contribution in [3.05, 3.63) is 51.9 Å². The zero-order chi connectivity index (χ0) is 26.2. The maximum atomic E-state index is 13.6. The molecule has 1 aliphatic heterocycles. The number of fused-ring (bicyclic) bond motifs is 1. The zero-order valence-electron chi connectivity index (χ0n) is 20.5. The van der Waals surface area contributed by atoms with Gasteiger partial charge in [0.25, 0.3) is 0 Å². The van der Waals surface area contributed by atoms with Gasteiger partial charge in [0.1, 0.15) is 12.1 Å². The van der Waals surface area contributed by atoms with Crippen molar-refractivity contribution in [1.29, 1.82) is 0 Å². The van der Waals surface area contributed by atoms with Crippen LogP contribution in [0, 0.1) is 0 Å². The summed E-state index contributed by atoms with van der Waals surface area (Å²) < 4.78 is 40.5. The molecule has 0 saturated carbocycles. The molecular weight excluding hydrogens is 495 g/mol. The molecule has 196 valence electrons. The number of amides is 1. The molecular formula is C25H31ClF3N5O2. The maximum absolute atomic E-state index is 13.6. The van der Waals surface area contributed by atoms with Crippen LogP contribution in [0.4, 0.5) is 19.0 Å². The lowest BCUT2D eigenvalue weighted by atomic mass is 9.94. The Morgan fingerprint density at radius 1 is 1.22 bits per heavy atom. The van der Waals surface area contributed by atoms with E-state index in [0.29, 0.717) is 38.3 Å². The van der Waals surface area contributed by atoms with Crippen LogP contribution in [0.5, 0.6) is 0 Å². The van der Waals surface area contributed by atoms with Crippen LogP contribution >= 0.6 is 11.6 Å². The number of aliphatic hydroxyl groups is 1. The van der Waals surface area contributed by atoms with Crippen molar-refractivity contribution in [2.24, 2.45) is 0 Å². The number of alkyl halides is 3. The summed E-state index contributed by atoms with van der Waals surface area (Å²) in [6.07, 6.45) is -3.15. The van der Waals surface area contributed by atoms with Gasteiger partial charge in [-0.1, -0.05) is 38.4 Å². The van der Waals surface area contributed by atoms with Gasteiger partial charge in [-0.15, -0.1) is 0 Å². The highest BCUT2D eigenvalue weighted by atomic mass is 35.5. The van der Waals surface area contributed by atoms with Crippen molar-refractivity contribution in [3.8, 4) is 0 Å². The number of rotatable bonds is 6. The fourth-order valence-electron chi connectivity index (χ4n) is 4.99. The molecule has 0 radical (unpaired) electrons. The first-order chi connectivity index (χ1) is 17.0. The van der Waals surface area contributed by atoms with Gasteiger partial charge >= 0.3 is 6.18 Å². The molecule has 1 fully saturated rings. The van der Waals surface area contributed by atoms with Crippen molar-refractivity contribution in [2.45, 2.75) is 57.3 Å². The number of hydrogen-bond donors (Lipinski definition) is 2. The van der Waals surface area contributed by atoms with Crippen molar-refractivity contribution >= 4 is 23.3 Å². The summed E-state index contributed by atoms with van der Waals surface area (Å²) in [6.45, 7) is 7.95. The van der Waals surface area contributed by atoms with Gasteiger partial charge in [-0.2, -0.15) is 13.2 Å². The van der Waals surface area contributed by atoms with Gasteiger partial charge < -0.3 is 20.2 Å². The average molecular weight is 526 g/mol. The van der Waals surface area contributed by atoms with E-state index >= 15 is 0 Å². The number of anilines is 1. The minimum Gasteiger partial charge on any atom is -0.387 e. The van der Waals surface area contributed by atoms with Gasteiger partial charge in [0, 0.05) is 44.3 Å². The van der Waals surface area contributed by atoms with Gasteiger partial charge in [-0.3, -0.25) is 4.79 Å². The average Bonchev–Trinajstić information content (AvgIpc) is 3.12. The minimum atomic E-state index is -4.61. The highest BCUT2D eigenvalue weighted by Gasteiger charge is 2.37. The fraction of sp³-hybridized carbons (Fsp3) is 0.560. The highest BCUT2D eigenvalue weighted by molar-refractivity contribution is 6.31. The van der Waals surface area contributed by atoms with E-state index in [1.165, 1.54) is 18.5 Å². The van der Waals surface area contributed by atoms with E-state index in [1.54, 1.807) is 4.90 Å². The number of nitrogens with zero attached hydrogens (tertiary/aromatic N) is 4. The van der Waals surface area contributed by atoms with Crippen LogP contribution in [0.25, 0.3) is 0 Å². The molecule has 1 saturated heterocycles. The summed E-state index contributed by atoms with van der Waals surface area (Å²) >= 11 is 5.81. The van der Waals surface area contributed by atoms with Crippen LogP contribution in [0.2, 0.25) is 5.02 Å². The van der Waals surface area contributed by atoms with E-state index in [4.69, 9.17) is 11.6 Å². The first-order valence-corrected chi connectivity index (χ1v) is 12.5. The smallest absolute Gasteiger partial charge is 0.387 e. The van der Waals surface area contributed by atoms with Crippen LogP contribution in [-0.4, -0.2) is 64.6 Å². The number of aromatic nitrogens is 2. The Bertz CT molecular complexity index is 1110. The number of piperazine rings is 1. The maximum Gasteiger partial charge on any atom is 0.417 e. The van der Waals surface area contributed by atoms with Crippen LogP contribution in [-0.2, 0) is 11.0 Å². The van der Waals surface area contributed by atoms with E-state index in [0.717, 1.165) is 17.4 Å². The van der Waals surface area contributed by atoms with E-state index in [9.17, 15) is 23.1 Å². The molecule has 3 atom stereocenters. The molecule has 2 aromatic rings. The van der Waals surface area contributed by atoms with Gasteiger partial charge in [-0.05, 0) is 30.0 Å². The van der Waals surface area contributed by atoms with E-state index in [2.05, 4.69) is 20.2 Å². The Kier molecular flexibility index (Phi) is 7.78. The fourth-order valence-corrected chi connectivity index (χ4v) is 5.22. The Morgan fingerprint density at radius 3 is 2.56 bits per heavy atom. The van der Waals surface area contributed by atoms with Gasteiger partial charge in [0.2, 0.25) is 5.91 Å². The second kappa shape index (κ2) is 10.5. The van der Waals surface area contributed by atoms with Gasteiger partial charge in [0.05, 0.1) is 28.3 Å². The summed E-state index contributed by atoms with van der Waals surface area (Å²) in [7, 11) is 0. The first-order valence-electron chi connectivity index (χ1n) is 12.1. The van der Waals surface area contributed by atoms with Crippen LogP contribution < -0.4 is 10.2 Å². The topological polar surface area (TPSA) is 81.6 Å². The third-order valence-corrected chi connectivity index (χ3v) is 7.23. The third kappa shape index (κ3) is 5.45. The Hall–Kier alpha value is -2.43. The number of aliphatic hydroxyl groups excluding tert-OH is 1. The predicted molar refractivity (Wildman–Crippen MR) is 131 cm³/mol. The zero-order valence-corrected chi connectivity index (χ0v) is 21.3. The second-order valence-electron chi connectivity index (χ2n) is 9.81. The van der Waals surface area contributed by atoms with Crippen molar-refractivity contribution in [3.63, 3.8) is 0 Å². The van der Waals surface area contributed by atoms with Gasteiger partial charge in [-0.25, -0.2) is 9.97 Å². The number of carbonyl (C=O) groups is 1. The van der Waals surface area contributed by atoms with E-state index in [-0.39, 0.29) is 35.0 Å². The molecule has 0 spiro atoms. The molecule has 7 nitrogen and oxygen atoms in total. The standard InChI is InChI=1S/C25H31ClF3N5O2/c1-14(2)30-12-17(16-4-5-19(26)18(11-16)25(27,28)29)24(36)34-8-6-33(7-9-34)23-21-15(3)10-20(35)22(21)31-13-32-23/h4-5,11,13-15,17,20,30,35H,6-10,12H2,1-3H3/t15?,17-,20-/m1/s1. The number of nitrogens with one attached hydrogen (secondary N) is 1. The molecule has 2 N–H and O–H groups in total. The number of benzene rings is 1. The molecule has 1 unspecified atom stereocenters. The van der Waals surface area contributed by atoms with E-state index in [1.807, 2.05) is 20.8 Å². The third-order valence-electron chi connectivity index (χ3n) is 6.90. The lowest BCUT2D eigenvalue weighted by Gasteiger charge is -2.38. The monoisotopic (exact) mass is 525 g/mol. The minimum absolute atomic E-state index is 0.0590. The summed E-state index contributed by atoms with van der Waals surface area (Å²) in [5, 5.41) is 13.1. The Balaban J connectivity index is 1.53. The van der Waals surface area contributed by atoms with Gasteiger partial charge in [0.15, 0.2) is 0 Å². The molecule has 4 rings (SSSR count). The lowest BCUT2D eigenvalue weighted by Crippen LogP contribution is -2.51. The quantitative estimate of drug-likeness (QED) is 0.590. The molecule has 1 amide bonds. The molecule has 1 aliphatic carbocycles. The summed E-state index contributed by atoms with van der Waals surface area (Å²) in [5.74, 6) is -0.0995. The molecule has 1 aromatic carbocycles. The van der Waals surface area contributed by atoms with Crippen LogP contribution in [0.1, 0.15) is 67.5 Å². The van der Waals surface area contributed by atoms with E-state index < -0.39 is 23.8 Å². The normalized spacial score (nSPS) is 21.1. The molecule has 1 aromatic heterocycles. The molecule has 36 heavy (non-hydrogen) atoms. The molecule has 11 heteroatoms. The number of carbonyl (C=O) groups excluding carboxylic acids is 1. The second-order valence-corrected chi connectivity index (χ2v) is 10.2. The van der Waals surface area contributed by atoms with Crippen molar-refractivity contribution in [1.82, 2.24) is 20.2 Å². The summed E-state index contributed by atoms with van der Waals surface area (Å²) in [6, 6.07) is 3.75. The highest BCUT2D eigenvalue weighted by Crippen LogP contribution is 2.43. The largest absolute Gasteiger partial charge is 0.417 e. The van der Waals surface area contributed by atoms with Crippen molar-refractivity contribution in [2.75, 3.05) is 37.6 Å². The Morgan fingerprint density at radius 2 is 1.92 bits per heavy atom. The number of hydrogen-bond acceptors (Lipinski definition) is 6. The number of halogens is 4. The molecule has 0 bridgehead atoms. The van der Waals surface area contributed by atoms with Crippen LogP contribution in [0.15, 0.2) is 24.5 Å². The molecule has 2 aliphatic rings. The summed E-state index contributed by atoms with van der Waals surface area (Å²) in [5.41, 5.74) is 0.949. The lowest BCUT2D eigenvalue weighted by molar-refractivity contribution is -0.138. The van der Waals surface area contributed by atoms with Crippen molar-refractivity contribution < 1.29 is 23.1 Å². The van der Waals surface area contributed by atoms with Crippen LogP contribution in [0.3, 0.4) is 0 Å². The summed E-state index contributed by atoms with van der Waals surface area (Å²) in [4.78, 5) is 26.1.